The smallest absolute Gasteiger partial charge is 0.265 e. The van der Waals surface area contributed by atoms with Gasteiger partial charge in [-0.15, -0.1) is 11.3 Å². The van der Waals surface area contributed by atoms with Crippen LogP contribution in [0.15, 0.2) is 29.1 Å². The van der Waals surface area contributed by atoms with Crippen LogP contribution in [0.4, 0.5) is 0 Å². The Kier molecular flexibility index (Phi) is 8.09. The normalized spacial score (nSPS) is 11.5. The average molecular weight is 444 g/mol. The first-order valence-corrected chi connectivity index (χ1v) is 12.0. The van der Waals surface area contributed by atoms with Gasteiger partial charge in [0.25, 0.3) is 11.5 Å². The zero-order valence-electron chi connectivity index (χ0n) is 19.0. The SMILES string of the molecule is CCCCn1c(=O)c2c(OC)c(C(=O)NCCCN(CC)CC)sc2c2ccccc21. The Hall–Kier alpha value is -2.38. The van der Waals surface area contributed by atoms with Crippen molar-refractivity contribution >= 4 is 38.2 Å². The molecule has 0 atom stereocenters. The Morgan fingerprint density at radius 2 is 1.90 bits per heavy atom. The number of methoxy groups -OCH3 is 1. The van der Waals surface area contributed by atoms with E-state index in [-0.39, 0.29) is 11.5 Å². The fourth-order valence-electron chi connectivity index (χ4n) is 3.95. The van der Waals surface area contributed by atoms with Gasteiger partial charge in [-0.25, -0.2) is 0 Å². The number of fused-ring (bicyclic) bond motifs is 3. The fourth-order valence-corrected chi connectivity index (χ4v) is 5.16. The van der Waals surface area contributed by atoms with Crippen molar-refractivity contribution in [3.8, 4) is 5.75 Å². The molecule has 0 saturated heterocycles. The fraction of sp³-hybridized carbons (Fsp3) is 0.500. The summed E-state index contributed by atoms with van der Waals surface area (Å²) in [7, 11) is 1.53. The van der Waals surface area contributed by atoms with Crippen LogP contribution >= 0.6 is 11.3 Å². The highest BCUT2D eigenvalue weighted by molar-refractivity contribution is 7.22. The lowest BCUT2D eigenvalue weighted by molar-refractivity contribution is 0.0953. The van der Waals surface area contributed by atoms with Gasteiger partial charge in [-0.3, -0.25) is 9.59 Å². The summed E-state index contributed by atoms with van der Waals surface area (Å²) in [6.45, 7) is 10.6. The topological polar surface area (TPSA) is 63.6 Å². The minimum Gasteiger partial charge on any atom is -0.494 e. The number of nitrogens with zero attached hydrogens (tertiary/aromatic N) is 2. The van der Waals surface area contributed by atoms with Crippen LogP contribution in [0.1, 0.15) is 49.7 Å². The molecule has 168 valence electrons. The molecule has 0 aliphatic rings. The van der Waals surface area contributed by atoms with Gasteiger partial charge in [0.05, 0.1) is 17.3 Å². The highest BCUT2D eigenvalue weighted by atomic mass is 32.1. The van der Waals surface area contributed by atoms with E-state index < -0.39 is 0 Å². The molecule has 3 aromatic rings. The molecule has 7 heteroatoms. The van der Waals surface area contributed by atoms with Crippen molar-refractivity contribution in [1.29, 1.82) is 0 Å². The van der Waals surface area contributed by atoms with Crippen LogP contribution in [0.3, 0.4) is 0 Å². The van der Waals surface area contributed by atoms with Gasteiger partial charge < -0.3 is 19.5 Å². The predicted octanol–water partition coefficient (Wildman–Crippen LogP) is 4.49. The van der Waals surface area contributed by atoms with Crippen molar-refractivity contribution in [2.24, 2.45) is 0 Å². The molecule has 0 aliphatic heterocycles. The van der Waals surface area contributed by atoms with E-state index in [1.165, 1.54) is 18.4 Å². The van der Waals surface area contributed by atoms with Crippen LogP contribution in [0, 0.1) is 0 Å². The zero-order valence-corrected chi connectivity index (χ0v) is 19.8. The Balaban J connectivity index is 1.98. The summed E-state index contributed by atoms with van der Waals surface area (Å²) in [5.41, 5.74) is 0.819. The maximum absolute atomic E-state index is 13.4. The lowest BCUT2D eigenvalue weighted by Crippen LogP contribution is -2.29. The zero-order chi connectivity index (χ0) is 22.4. The number of benzene rings is 1. The van der Waals surface area contributed by atoms with E-state index in [1.807, 2.05) is 28.8 Å². The molecule has 1 amide bonds. The van der Waals surface area contributed by atoms with Crippen LogP contribution < -0.4 is 15.6 Å². The third-order valence-corrected chi connectivity index (χ3v) is 6.94. The number of hydrogen-bond acceptors (Lipinski definition) is 5. The minimum absolute atomic E-state index is 0.0872. The number of carbonyl (C=O) groups excluding carboxylic acids is 1. The summed E-state index contributed by atoms with van der Waals surface area (Å²) < 4.78 is 8.26. The molecule has 0 radical (unpaired) electrons. The van der Waals surface area contributed by atoms with Gasteiger partial charge in [0.1, 0.15) is 10.3 Å². The number of aromatic nitrogens is 1. The number of thiophene rings is 1. The summed E-state index contributed by atoms with van der Waals surface area (Å²) in [6.07, 6.45) is 2.80. The number of aryl methyl sites for hydroxylation is 1. The Morgan fingerprint density at radius 1 is 1.16 bits per heavy atom. The quantitative estimate of drug-likeness (QED) is 0.444. The standard InChI is InChI=1S/C24H33N3O3S/c1-5-8-16-27-18-13-10-9-12-17(18)21-19(24(27)29)20(30-4)22(31-21)23(28)25-14-11-15-26(6-2)7-3/h9-10,12-13H,5-8,11,14-16H2,1-4H3,(H,25,28). The molecule has 1 N–H and O–H groups in total. The number of rotatable bonds is 11. The maximum Gasteiger partial charge on any atom is 0.265 e. The molecular weight excluding hydrogens is 410 g/mol. The molecule has 3 rings (SSSR count). The number of ether oxygens (including phenoxy) is 1. The highest BCUT2D eigenvalue weighted by Crippen LogP contribution is 2.39. The van der Waals surface area contributed by atoms with Gasteiger partial charge in [-0.2, -0.15) is 0 Å². The summed E-state index contributed by atoms with van der Waals surface area (Å²) >= 11 is 1.35. The molecule has 2 heterocycles. The summed E-state index contributed by atoms with van der Waals surface area (Å²) in [5, 5.41) is 4.50. The van der Waals surface area contributed by atoms with Crippen molar-refractivity contribution in [2.45, 2.75) is 46.6 Å². The van der Waals surface area contributed by atoms with E-state index in [9.17, 15) is 9.59 Å². The van der Waals surface area contributed by atoms with E-state index in [1.54, 1.807) is 0 Å². The number of pyridine rings is 1. The number of unbranched alkanes of at least 4 members (excludes halogenated alkanes) is 1. The van der Waals surface area contributed by atoms with Gasteiger partial charge in [0.2, 0.25) is 0 Å². The number of carbonyl (C=O) groups is 1. The molecular formula is C24H33N3O3S. The van der Waals surface area contributed by atoms with E-state index in [4.69, 9.17) is 4.74 Å². The van der Waals surface area contributed by atoms with Gasteiger partial charge in [0, 0.05) is 18.5 Å². The molecule has 0 spiro atoms. The third kappa shape index (κ3) is 4.77. The van der Waals surface area contributed by atoms with Crippen LogP contribution in [0.5, 0.6) is 5.75 Å². The lowest BCUT2D eigenvalue weighted by atomic mass is 10.1. The van der Waals surface area contributed by atoms with Crippen molar-refractivity contribution < 1.29 is 9.53 Å². The second-order valence-corrected chi connectivity index (χ2v) is 8.65. The predicted molar refractivity (Wildman–Crippen MR) is 130 cm³/mol. The van der Waals surface area contributed by atoms with E-state index in [2.05, 4.69) is 31.0 Å². The summed E-state index contributed by atoms with van der Waals surface area (Å²) in [5.74, 6) is 0.212. The third-order valence-electron chi connectivity index (χ3n) is 5.74. The summed E-state index contributed by atoms with van der Waals surface area (Å²) in [6, 6.07) is 7.91. The molecule has 0 saturated carbocycles. The molecule has 2 aromatic heterocycles. The largest absolute Gasteiger partial charge is 0.494 e. The molecule has 1 aromatic carbocycles. The molecule has 0 fully saturated rings. The van der Waals surface area contributed by atoms with Gasteiger partial charge >= 0.3 is 0 Å². The van der Waals surface area contributed by atoms with Crippen molar-refractivity contribution in [3.63, 3.8) is 0 Å². The number of para-hydroxylation sites is 1. The molecule has 31 heavy (non-hydrogen) atoms. The minimum atomic E-state index is -0.179. The maximum atomic E-state index is 13.4. The molecule has 6 nitrogen and oxygen atoms in total. The van der Waals surface area contributed by atoms with Crippen LogP contribution in [0.2, 0.25) is 0 Å². The lowest BCUT2D eigenvalue weighted by Gasteiger charge is -2.17. The first kappa shape index (κ1) is 23.3. The Morgan fingerprint density at radius 3 is 2.58 bits per heavy atom. The monoisotopic (exact) mass is 443 g/mol. The summed E-state index contributed by atoms with van der Waals surface area (Å²) in [4.78, 5) is 29.2. The Labute approximate surface area is 187 Å². The van der Waals surface area contributed by atoms with Crippen LogP contribution in [-0.4, -0.2) is 48.7 Å². The first-order valence-electron chi connectivity index (χ1n) is 11.2. The highest BCUT2D eigenvalue weighted by Gasteiger charge is 2.24. The van der Waals surface area contributed by atoms with Crippen molar-refractivity contribution in [1.82, 2.24) is 14.8 Å². The van der Waals surface area contributed by atoms with Crippen molar-refractivity contribution in [2.75, 3.05) is 33.3 Å². The number of amides is 1. The van der Waals surface area contributed by atoms with E-state index in [0.717, 1.165) is 54.5 Å². The first-order chi connectivity index (χ1) is 15.1. The van der Waals surface area contributed by atoms with Gasteiger partial charge in [-0.1, -0.05) is 45.4 Å². The van der Waals surface area contributed by atoms with E-state index in [0.29, 0.717) is 29.1 Å². The van der Waals surface area contributed by atoms with Gasteiger partial charge in [0.15, 0.2) is 5.75 Å². The average Bonchev–Trinajstić information content (AvgIpc) is 3.19. The molecule has 0 bridgehead atoms. The molecule has 0 unspecified atom stereocenters. The number of nitrogens with one attached hydrogen (secondary N) is 1. The second kappa shape index (κ2) is 10.8. The Bertz CT molecular complexity index is 1100. The van der Waals surface area contributed by atoms with Crippen molar-refractivity contribution in [3.05, 3.63) is 39.5 Å². The van der Waals surface area contributed by atoms with E-state index >= 15 is 0 Å². The molecule has 0 aliphatic carbocycles. The second-order valence-electron chi connectivity index (χ2n) is 7.63. The van der Waals surface area contributed by atoms with Crippen LogP contribution in [-0.2, 0) is 6.54 Å². The van der Waals surface area contributed by atoms with Crippen LogP contribution in [0.25, 0.3) is 21.0 Å². The number of hydrogen-bond donors (Lipinski definition) is 1. The van der Waals surface area contributed by atoms with Gasteiger partial charge in [-0.05, 0) is 38.5 Å².